The number of carbonyl (C=O) groups excluding carboxylic acids is 1. The molecule has 1 amide bonds. The van der Waals surface area contributed by atoms with Crippen LogP contribution in [0.1, 0.15) is 22.8 Å². The maximum Gasteiger partial charge on any atom is 0.258 e. The topological polar surface area (TPSA) is 60.9 Å². The number of rotatable bonds is 3. The Morgan fingerprint density at radius 2 is 1.61 bits per heavy atom. The molecular formula is C21H25N3O3S. The third-order valence-electron chi connectivity index (χ3n) is 5.63. The lowest BCUT2D eigenvalue weighted by Gasteiger charge is -2.31. The molecule has 7 heteroatoms. The monoisotopic (exact) mass is 399 g/mol. The van der Waals surface area contributed by atoms with Crippen LogP contribution in [-0.2, 0) is 16.4 Å². The van der Waals surface area contributed by atoms with Crippen LogP contribution in [0.25, 0.3) is 0 Å². The van der Waals surface area contributed by atoms with Gasteiger partial charge in [0.1, 0.15) is 0 Å². The average molecular weight is 400 g/mol. The van der Waals surface area contributed by atoms with E-state index < -0.39 is 10.0 Å². The molecule has 2 aromatic carbocycles. The lowest BCUT2D eigenvalue weighted by atomic mass is 10.1. The number of anilines is 1. The van der Waals surface area contributed by atoms with Crippen LogP contribution in [0.15, 0.2) is 53.4 Å². The van der Waals surface area contributed by atoms with Crippen LogP contribution < -0.4 is 4.90 Å². The van der Waals surface area contributed by atoms with E-state index in [1.165, 1.54) is 4.31 Å². The molecule has 1 fully saturated rings. The number of carbonyl (C=O) groups is 1. The van der Waals surface area contributed by atoms with Gasteiger partial charge in [-0.3, -0.25) is 4.79 Å². The molecule has 0 N–H and O–H groups in total. The van der Waals surface area contributed by atoms with E-state index in [4.69, 9.17) is 0 Å². The fraction of sp³-hybridized carbons (Fsp3) is 0.381. The van der Waals surface area contributed by atoms with Gasteiger partial charge in [-0.1, -0.05) is 18.2 Å². The van der Waals surface area contributed by atoms with Crippen LogP contribution >= 0.6 is 0 Å². The van der Waals surface area contributed by atoms with E-state index in [0.29, 0.717) is 18.7 Å². The molecule has 0 spiro atoms. The van der Waals surface area contributed by atoms with E-state index in [1.807, 2.05) is 38.2 Å². The summed E-state index contributed by atoms with van der Waals surface area (Å²) in [6, 6.07) is 14.4. The minimum atomic E-state index is -3.52. The predicted octanol–water partition coefficient (Wildman–Crippen LogP) is 2.21. The molecule has 6 nitrogen and oxygen atoms in total. The lowest BCUT2D eigenvalue weighted by Crippen LogP contribution is -2.47. The summed E-state index contributed by atoms with van der Waals surface area (Å²) < 4.78 is 27.2. The molecule has 28 heavy (non-hydrogen) atoms. The Kier molecular flexibility index (Phi) is 4.99. The summed E-state index contributed by atoms with van der Waals surface area (Å²) in [5, 5.41) is 0. The van der Waals surface area contributed by atoms with Gasteiger partial charge in [0, 0.05) is 43.5 Å². The molecule has 2 aromatic rings. The Hall–Kier alpha value is -2.22. The highest BCUT2D eigenvalue weighted by molar-refractivity contribution is 7.89. The van der Waals surface area contributed by atoms with Crippen molar-refractivity contribution in [2.24, 2.45) is 0 Å². The predicted molar refractivity (Wildman–Crippen MR) is 109 cm³/mol. The quantitative estimate of drug-likeness (QED) is 0.794. The summed E-state index contributed by atoms with van der Waals surface area (Å²) in [6.07, 6.45) is 0.831. The number of sulfonamides is 1. The first kappa shape index (κ1) is 19.1. The second-order valence-corrected chi connectivity index (χ2v) is 9.53. The van der Waals surface area contributed by atoms with Gasteiger partial charge in [-0.05, 0) is 56.3 Å². The molecule has 2 aliphatic heterocycles. The van der Waals surface area contributed by atoms with Gasteiger partial charge in [-0.15, -0.1) is 0 Å². The number of nitrogens with zero attached hydrogens (tertiary/aromatic N) is 3. The SMILES string of the molecule is CC1Cc2ccccc2N1C(=O)c1ccc(S(=O)(=O)N2CCN(C)CC2)cc1. The first-order chi connectivity index (χ1) is 13.4. The first-order valence-corrected chi connectivity index (χ1v) is 11.0. The minimum absolute atomic E-state index is 0.0821. The van der Waals surface area contributed by atoms with E-state index in [2.05, 4.69) is 4.90 Å². The standard InChI is InChI=1S/C21H25N3O3S/c1-16-15-18-5-3-4-6-20(18)24(16)21(25)17-7-9-19(10-8-17)28(26,27)23-13-11-22(2)12-14-23/h3-10,16H,11-15H2,1-2H3. The Bertz CT molecular complexity index is 980. The molecule has 4 rings (SSSR count). The van der Waals surface area contributed by atoms with Crippen LogP contribution in [0.2, 0.25) is 0 Å². The molecule has 0 aliphatic carbocycles. The van der Waals surface area contributed by atoms with E-state index >= 15 is 0 Å². The number of benzene rings is 2. The molecule has 2 aliphatic rings. The van der Waals surface area contributed by atoms with Crippen molar-refractivity contribution < 1.29 is 13.2 Å². The number of hydrogen-bond donors (Lipinski definition) is 0. The fourth-order valence-electron chi connectivity index (χ4n) is 3.96. The number of piperazine rings is 1. The molecule has 0 aromatic heterocycles. The second kappa shape index (κ2) is 7.31. The summed E-state index contributed by atoms with van der Waals surface area (Å²) in [6.45, 7) is 4.46. The van der Waals surface area contributed by atoms with E-state index in [9.17, 15) is 13.2 Å². The zero-order chi connectivity index (χ0) is 19.9. The maximum absolute atomic E-state index is 13.1. The van der Waals surface area contributed by atoms with Crippen molar-refractivity contribution in [3.63, 3.8) is 0 Å². The third-order valence-corrected chi connectivity index (χ3v) is 7.54. The smallest absolute Gasteiger partial charge is 0.258 e. The highest BCUT2D eigenvalue weighted by atomic mass is 32.2. The van der Waals surface area contributed by atoms with Crippen LogP contribution in [0.5, 0.6) is 0 Å². The molecule has 0 saturated carbocycles. The van der Waals surface area contributed by atoms with Crippen molar-refractivity contribution in [3.8, 4) is 0 Å². The molecule has 148 valence electrons. The number of fused-ring (bicyclic) bond motifs is 1. The summed E-state index contributed by atoms with van der Waals surface area (Å²) in [5.41, 5.74) is 2.60. The van der Waals surface area contributed by atoms with Gasteiger partial charge in [0.15, 0.2) is 0 Å². The Morgan fingerprint density at radius 1 is 0.964 bits per heavy atom. The molecule has 2 heterocycles. The average Bonchev–Trinajstić information content (AvgIpc) is 3.03. The van der Waals surface area contributed by atoms with E-state index in [-0.39, 0.29) is 16.8 Å². The van der Waals surface area contributed by atoms with Crippen molar-refractivity contribution in [2.45, 2.75) is 24.3 Å². The summed E-state index contributed by atoms with van der Waals surface area (Å²) in [4.78, 5) is 17.2. The number of para-hydroxylation sites is 1. The first-order valence-electron chi connectivity index (χ1n) is 9.58. The van der Waals surface area contributed by atoms with Crippen molar-refractivity contribution in [1.29, 1.82) is 0 Å². The molecule has 0 radical (unpaired) electrons. The summed E-state index contributed by atoms with van der Waals surface area (Å²) >= 11 is 0. The highest BCUT2D eigenvalue weighted by Crippen LogP contribution is 2.33. The van der Waals surface area contributed by atoms with Crippen LogP contribution in [0.3, 0.4) is 0 Å². The van der Waals surface area contributed by atoms with Gasteiger partial charge in [0.25, 0.3) is 5.91 Å². The van der Waals surface area contributed by atoms with Crippen molar-refractivity contribution in [2.75, 3.05) is 38.1 Å². The normalized spacial score (nSPS) is 20.9. The van der Waals surface area contributed by atoms with Crippen LogP contribution in [0, 0.1) is 0 Å². The zero-order valence-electron chi connectivity index (χ0n) is 16.2. The van der Waals surface area contributed by atoms with Gasteiger partial charge >= 0.3 is 0 Å². The van der Waals surface area contributed by atoms with Gasteiger partial charge in [0.2, 0.25) is 10.0 Å². The molecule has 1 saturated heterocycles. The maximum atomic E-state index is 13.1. The molecule has 0 bridgehead atoms. The summed E-state index contributed by atoms with van der Waals surface area (Å²) in [7, 11) is -1.54. The van der Waals surface area contributed by atoms with E-state index in [0.717, 1.165) is 30.8 Å². The van der Waals surface area contributed by atoms with Gasteiger partial charge in [-0.2, -0.15) is 4.31 Å². The van der Waals surface area contributed by atoms with Gasteiger partial charge in [0.05, 0.1) is 4.90 Å². The Morgan fingerprint density at radius 3 is 2.29 bits per heavy atom. The molecule has 1 atom stereocenters. The van der Waals surface area contributed by atoms with E-state index in [1.54, 1.807) is 29.2 Å². The summed E-state index contributed by atoms with van der Waals surface area (Å²) in [5.74, 6) is -0.0963. The van der Waals surface area contributed by atoms with Crippen LogP contribution in [-0.4, -0.2) is 62.8 Å². The Labute approximate surface area is 166 Å². The second-order valence-electron chi connectivity index (χ2n) is 7.59. The number of hydrogen-bond acceptors (Lipinski definition) is 4. The lowest BCUT2D eigenvalue weighted by molar-refractivity contribution is 0.0981. The molecule has 1 unspecified atom stereocenters. The van der Waals surface area contributed by atoms with Crippen molar-refractivity contribution in [1.82, 2.24) is 9.21 Å². The van der Waals surface area contributed by atoms with Crippen LogP contribution in [0.4, 0.5) is 5.69 Å². The zero-order valence-corrected chi connectivity index (χ0v) is 17.0. The van der Waals surface area contributed by atoms with Crippen molar-refractivity contribution in [3.05, 3.63) is 59.7 Å². The molecular weight excluding hydrogens is 374 g/mol. The van der Waals surface area contributed by atoms with Crippen molar-refractivity contribution >= 4 is 21.6 Å². The fourth-order valence-corrected chi connectivity index (χ4v) is 5.38. The van der Waals surface area contributed by atoms with Gasteiger partial charge in [-0.25, -0.2) is 8.42 Å². The number of likely N-dealkylation sites (N-methyl/N-ethyl adjacent to an activating group) is 1. The number of amides is 1. The largest absolute Gasteiger partial charge is 0.305 e. The Balaban J connectivity index is 1.56. The minimum Gasteiger partial charge on any atom is -0.305 e. The van der Waals surface area contributed by atoms with Gasteiger partial charge < -0.3 is 9.80 Å². The highest BCUT2D eigenvalue weighted by Gasteiger charge is 2.32. The third kappa shape index (κ3) is 3.34.